The molecule has 104 valence electrons. The maximum absolute atomic E-state index is 11.7. The van der Waals surface area contributed by atoms with Gasteiger partial charge in [-0.1, -0.05) is 11.3 Å². The number of benzene rings is 1. The number of nitrogens with zero attached hydrogens (tertiary/aromatic N) is 2. The van der Waals surface area contributed by atoms with Crippen molar-refractivity contribution >= 4 is 49.8 Å². The van der Waals surface area contributed by atoms with Crippen LogP contribution in [0.5, 0.6) is 0 Å². The highest BCUT2D eigenvalue weighted by atomic mass is 79.9. The second kappa shape index (κ2) is 5.97. The Morgan fingerprint density at radius 1 is 1.35 bits per heavy atom. The van der Waals surface area contributed by atoms with E-state index in [0.29, 0.717) is 10.8 Å². The predicted octanol–water partition coefficient (Wildman–Crippen LogP) is 3.77. The van der Waals surface area contributed by atoms with E-state index < -0.39 is 11.0 Å². The summed E-state index contributed by atoms with van der Waals surface area (Å²) in [6.07, 6.45) is 0. The third-order valence-corrected chi connectivity index (χ3v) is 4.22. The van der Waals surface area contributed by atoms with Crippen LogP contribution < -0.4 is 10.6 Å². The van der Waals surface area contributed by atoms with Gasteiger partial charge in [-0.2, -0.15) is 0 Å². The monoisotopic (exact) mass is 356 g/mol. The minimum Gasteiger partial charge on any atom is -0.308 e. The summed E-state index contributed by atoms with van der Waals surface area (Å²) < 4.78 is 0.850. The molecule has 20 heavy (non-hydrogen) atoms. The topological polar surface area (TPSA) is 97.2 Å². The first kappa shape index (κ1) is 14.4. The fourth-order valence-electron chi connectivity index (χ4n) is 1.36. The molecular formula is C11H9BrN4O3S. The van der Waals surface area contributed by atoms with Crippen LogP contribution in [0.1, 0.15) is 5.69 Å². The molecule has 0 saturated carbocycles. The Morgan fingerprint density at radius 2 is 2.00 bits per heavy atom. The van der Waals surface area contributed by atoms with Crippen LogP contribution in [0, 0.1) is 17.0 Å². The molecule has 0 saturated heterocycles. The van der Waals surface area contributed by atoms with Gasteiger partial charge >= 0.3 is 6.03 Å². The number of aromatic nitrogens is 1. The van der Waals surface area contributed by atoms with Gasteiger partial charge < -0.3 is 5.32 Å². The van der Waals surface area contributed by atoms with Gasteiger partial charge in [-0.15, -0.1) is 0 Å². The van der Waals surface area contributed by atoms with Gasteiger partial charge in [0.15, 0.2) is 5.13 Å². The van der Waals surface area contributed by atoms with E-state index in [1.165, 1.54) is 35.6 Å². The summed E-state index contributed by atoms with van der Waals surface area (Å²) in [6.45, 7) is 1.82. The number of nitro groups is 1. The number of amides is 2. The van der Waals surface area contributed by atoms with Crippen LogP contribution in [-0.2, 0) is 0 Å². The van der Waals surface area contributed by atoms with Gasteiger partial charge in [0.25, 0.3) is 5.69 Å². The van der Waals surface area contributed by atoms with E-state index in [1.54, 1.807) is 0 Å². The molecule has 2 rings (SSSR count). The van der Waals surface area contributed by atoms with Gasteiger partial charge in [-0.3, -0.25) is 15.4 Å². The van der Waals surface area contributed by atoms with Crippen molar-refractivity contribution in [2.75, 3.05) is 10.6 Å². The number of hydrogen-bond donors (Lipinski definition) is 2. The molecule has 7 nitrogen and oxygen atoms in total. The van der Waals surface area contributed by atoms with Gasteiger partial charge in [0, 0.05) is 17.8 Å². The summed E-state index contributed by atoms with van der Waals surface area (Å²) >= 11 is 4.62. The molecule has 0 atom stereocenters. The summed E-state index contributed by atoms with van der Waals surface area (Å²) in [5.74, 6) is 0. The minimum atomic E-state index is -0.500. The van der Waals surface area contributed by atoms with E-state index in [9.17, 15) is 14.9 Å². The first-order valence-electron chi connectivity index (χ1n) is 5.41. The second-order valence-electron chi connectivity index (χ2n) is 3.76. The normalized spacial score (nSPS) is 10.1. The van der Waals surface area contributed by atoms with Crippen LogP contribution in [0.2, 0.25) is 0 Å². The highest BCUT2D eigenvalue weighted by Crippen LogP contribution is 2.27. The number of hydrogen-bond acceptors (Lipinski definition) is 5. The summed E-state index contributed by atoms with van der Waals surface area (Å²) in [7, 11) is 0. The number of carbonyl (C=O) groups excluding carboxylic acids is 1. The zero-order valence-electron chi connectivity index (χ0n) is 10.2. The van der Waals surface area contributed by atoms with E-state index in [2.05, 4.69) is 31.5 Å². The number of carbonyl (C=O) groups is 1. The Morgan fingerprint density at radius 3 is 2.50 bits per heavy atom. The number of anilines is 2. The fourth-order valence-corrected chi connectivity index (χ4v) is 2.60. The quantitative estimate of drug-likeness (QED) is 0.645. The van der Waals surface area contributed by atoms with Crippen LogP contribution in [-0.4, -0.2) is 15.9 Å². The number of urea groups is 1. The lowest BCUT2D eigenvalue weighted by Crippen LogP contribution is -2.19. The molecule has 0 aliphatic carbocycles. The Labute approximate surface area is 126 Å². The Balaban J connectivity index is 1.99. The Bertz CT molecular complexity index is 637. The van der Waals surface area contributed by atoms with E-state index in [-0.39, 0.29) is 5.69 Å². The molecule has 1 heterocycles. The maximum atomic E-state index is 11.7. The molecule has 2 amide bonds. The lowest BCUT2D eigenvalue weighted by atomic mass is 10.3. The van der Waals surface area contributed by atoms with Crippen molar-refractivity contribution in [1.82, 2.24) is 4.98 Å². The molecule has 2 aromatic rings. The zero-order valence-corrected chi connectivity index (χ0v) is 12.6. The smallest absolute Gasteiger partial charge is 0.308 e. The van der Waals surface area contributed by atoms with Gasteiger partial charge in [-0.05, 0) is 35.0 Å². The summed E-state index contributed by atoms with van der Waals surface area (Å²) in [5, 5.41) is 16.1. The predicted molar refractivity (Wildman–Crippen MR) is 80.3 cm³/mol. The molecule has 0 unspecified atom stereocenters. The van der Waals surface area contributed by atoms with Crippen LogP contribution in [0.25, 0.3) is 0 Å². The number of rotatable bonds is 3. The number of nitro benzene ring substituents is 1. The zero-order chi connectivity index (χ0) is 14.7. The molecule has 0 aliphatic heterocycles. The van der Waals surface area contributed by atoms with Gasteiger partial charge in [0.2, 0.25) is 0 Å². The third-order valence-electron chi connectivity index (χ3n) is 2.30. The minimum absolute atomic E-state index is 0.0320. The Kier molecular flexibility index (Phi) is 4.30. The number of non-ortho nitro benzene ring substituents is 1. The average Bonchev–Trinajstić information content (AvgIpc) is 2.68. The molecular weight excluding hydrogens is 348 g/mol. The number of nitrogens with one attached hydrogen (secondary N) is 2. The third kappa shape index (κ3) is 3.52. The van der Waals surface area contributed by atoms with Crippen LogP contribution in [0.4, 0.5) is 21.3 Å². The molecule has 0 fully saturated rings. The van der Waals surface area contributed by atoms with Crippen molar-refractivity contribution in [1.29, 1.82) is 0 Å². The van der Waals surface area contributed by atoms with E-state index in [4.69, 9.17) is 0 Å². The maximum Gasteiger partial charge on any atom is 0.325 e. The molecule has 0 radical (unpaired) electrons. The van der Waals surface area contributed by atoms with E-state index in [0.717, 1.165) is 9.48 Å². The van der Waals surface area contributed by atoms with Crippen molar-refractivity contribution in [2.45, 2.75) is 6.92 Å². The van der Waals surface area contributed by atoms with E-state index in [1.807, 2.05) is 6.92 Å². The molecule has 1 aromatic heterocycles. The number of halogens is 1. The van der Waals surface area contributed by atoms with E-state index >= 15 is 0 Å². The molecule has 1 aromatic carbocycles. The van der Waals surface area contributed by atoms with Crippen molar-refractivity contribution in [3.63, 3.8) is 0 Å². The van der Waals surface area contributed by atoms with Crippen LogP contribution in [0.3, 0.4) is 0 Å². The van der Waals surface area contributed by atoms with Gasteiger partial charge in [0.1, 0.15) is 0 Å². The molecule has 0 bridgehead atoms. The summed E-state index contributed by atoms with van der Waals surface area (Å²) in [4.78, 5) is 25.9. The van der Waals surface area contributed by atoms with Gasteiger partial charge in [0.05, 0.1) is 14.4 Å². The molecule has 2 N–H and O–H groups in total. The Hall–Kier alpha value is -2.00. The second-order valence-corrected chi connectivity index (χ2v) is 6.08. The lowest BCUT2D eigenvalue weighted by Gasteiger charge is -2.04. The standard InChI is InChI=1S/C11H9BrN4O3S/c1-6-9(12)20-11(13-6)15-10(17)14-7-2-4-8(5-3-7)16(18)19/h2-5H,1H3,(H2,13,14,15,17). The SMILES string of the molecule is Cc1nc(NC(=O)Nc2ccc([N+](=O)[O-])cc2)sc1Br. The van der Waals surface area contributed by atoms with Crippen molar-refractivity contribution in [2.24, 2.45) is 0 Å². The average molecular weight is 357 g/mol. The number of aryl methyl sites for hydroxylation is 1. The molecule has 0 aliphatic rings. The van der Waals surface area contributed by atoms with Crippen molar-refractivity contribution in [3.8, 4) is 0 Å². The van der Waals surface area contributed by atoms with Crippen LogP contribution >= 0.6 is 27.3 Å². The highest BCUT2D eigenvalue weighted by Gasteiger charge is 2.09. The van der Waals surface area contributed by atoms with Crippen LogP contribution in [0.15, 0.2) is 28.1 Å². The summed E-state index contributed by atoms with van der Waals surface area (Å²) in [5.41, 5.74) is 1.22. The highest BCUT2D eigenvalue weighted by molar-refractivity contribution is 9.11. The van der Waals surface area contributed by atoms with Crippen molar-refractivity contribution < 1.29 is 9.72 Å². The fraction of sp³-hybridized carbons (Fsp3) is 0.0909. The molecule has 0 spiro atoms. The lowest BCUT2D eigenvalue weighted by molar-refractivity contribution is -0.384. The number of thiazole rings is 1. The first-order valence-corrected chi connectivity index (χ1v) is 7.02. The largest absolute Gasteiger partial charge is 0.325 e. The van der Waals surface area contributed by atoms with Gasteiger partial charge in [-0.25, -0.2) is 9.78 Å². The molecule has 9 heteroatoms. The van der Waals surface area contributed by atoms with Crippen molar-refractivity contribution in [3.05, 3.63) is 43.9 Å². The summed E-state index contributed by atoms with van der Waals surface area (Å²) in [6, 6.07) is 5.10. The first-order chi connectivity index (χ1) is 9.45.